The number of hydrogen-bond acceptors (Lipinski definition) is 2. The highest BCUT2D eigenvalue weighted by molar-refractivity contribution is 6.11. The lowest BCUT2D eigenvalue weighted by atomic mass is 9.97. The number of furan rings is 1. The van der Waals surface area contributed by atoms with Crippen molar-refractivity contribution in [1.29, 1.82) is 0 Å². The van der Waals surface area contributed by atoms with Crippen molar-refractivity contribution in [3.05, 3.63) is 151 Å². The Balaban J connectivity index is 1.59. The molecule has 0 unspecified atom stereocenters. The summed E-state index contributed by atoms with van der Waals surface area (Å²) < 4.78 is 63.4. The number of fused-ring (bicyclic) bond motifs is 3. The number of rotatable bonds is 5. The highest BCUT2D eigenvalue weighted by Crippen LogP contribution is 2.49. The van der Waals surface area contributed by atoms with Crippen molar-refractivity contribution in [2.45, 2.75) is 6.18 Å². The maximum atomic E-state index is 14.9. The maximum Gasteiger partial charge on any atom is 0.416 e. The number of alkyl halides is 3. The molecule has 0 saturated heterocycles. The van der Waals surface area contributed by atoms with Gasteiger partial charge in [0.25, 0.3) is 0 Å². The van der Waals surface area contributed by atoms with Gasteiger partial charge in [-0.05, 0) is 59.7 Å². The molecule has 6 aromatic carbocycles. The zero-order chi connectivity index (χ0) is 29.6. The number of benzene rings is 6. The normalized spacial score (nSPS) is 11.7. The number of anilines is 3. The van der Waals surface area contributed by atoms with E-state index in [1.165, 1.54) is 24.3 Å². The molecule has 0 aliphatic carbocycles. The van der Waals surface area contributed by atoms with Crippen molar-refractivity contribution in [2.24, 2.45) is 0 Å². The number of para-hydroxylation sites is 2. The molecular weight excluding hydrogens is 550 g/mol. The van der Waals surface area contributed by atoms with Gasteiger partial charge in [0, 0.05) is 21.9 Å². The molecule has 43 heavy (non-hydrogen) atoms. The fraction of sp³-hybridized carbons (Fsp3) is 0.0270. The molecule has 1 aromatic heterocycles. The van der Waals surface area contributed by atoms with Crippen LogP contribution in [0.4, 0.5) is 34.6 Å². The quantitative estimate of drug-likeness (QED) is 0.191. The first kappa shape index (κ1) is 26.5. The predicted octanol–water partition coefficient (Wildman–Crippen LogP) is 11.5. The van der Waals surface area contributed by atoms with E-state index in [-0.39, 0.29) is 0 Å². The molecule has 210 valence electrons. The predicted molar refractivity (Wildman–Crippen MR) is 164 cm³/mol. The van der Waals surface area contributed by atoms with Crippen molar-refractivity contribution in [3.63, 3.8) is 0 Å². The molecule has 1 heterocycles. The second-order valence-corrected chi connectivity index (χ2v) is 10.2. The van der Waals surface area contributed by atoms with Crippen molar-refractivity contribution >= 4 is 39.0 Å². The summed E-state index contributed by atoms with van der Waals surface area (Å²) >= 11 is 0. The first-order valence-corrected chi connectivity index (χ1v) is 13.7. The van der Waals surface area contributed by atoms with Crippen molar-refractivity contribution in [2.75, 3.05) is 4.90 Å². The van der Waals surface area contributed by atoms with Gasteiger partial charge in [0.05, 0.1) is 22.6 Å². The molecule has 0 spiro atoms. The van der Waals surface area contributed by atoms with E-state index in [9.17, 15) is 17.6 Å². The van der Waals surface area contributed by atoms with E-state index in [0.717, 1.165) is 22.4 Å². The second-order valence-electron chi connectivity index (χ2n) is 10.2. The topological polar surface area (TPSA) is 16.4 Å². The highest BCUT2D eigenvalue weighted by Gasteiger charge is 2.32. The Bertz CT molecular complexity index is 2080. The van der Waals surface area contributed by atoms with Crippen LogP contribution in [0.5, 0.6) is 0 Å². The summed E-state index contributed by atoms with van der Waals surface area (Å²) in [5.74, 6) is -0.430. The van der Waals surface area contributed by atoms with Crippen LogP contribution in [-0.4, -0.2) is 0 Å². The van der Waals surface area contributed by atoms with E-state index >= 15 is 0 Å². The molecule has 2 nitrogen and oxygen atoms in total. The Kier molecular flexibility index (Phi) is 6.47. The van der Waals surface area contributed by atoms with Crippen molar-refractivity contribution in [1.82, 2.24) is 0 Å². The van der Waals surface area contributed by atoms with Gasteiger partial charge >= 0.3 is 6.18 Å². The Morgan fingerprint density at radius 1 is 0.512 bits per heavy atom. The van der Waals surface area contributed by atoms with Gasteiger partial charge in [-0.15, -0.1) is 0 Å². The standard InChI is InChI=1S/C37H23F4NO/c38-27-19-21-33(31(23-27)25-12-5-2-6-13-25)42(34-16-9-15-29-28-14-7-8-17-35(28)43-36(29)34)32-20-18-26(37(39,40)41)22-30(32)24-10-3-1-4-11-24/h1-23H. The van der Waals surface area contributed by atoms with E-state index in [1.807, 2.05) is 83.8 Å². The summed E-state index contributed by atoms with van der Waals surface area (Å²) in [6.07, 6.45) is -4.54. The van der Waals surface area contributed by atoms with Crippen molar-refractivity contribution < 1.29 is 22.0 Å². The lowest BCUT2D eigenvalue weighted by Crippen LogP contribution is -2.14. The van der Waals surface area contributed by atoms with Crippen LogP contribution in [0.15, 0.2) is 144 Å². The Morgan fingerprint density at radius 2 is 1.09 bits per heavy atom. The molecular formula is C37H23F4NO. The monoisotopic (exact) mass is 573 g/mol. The van der Waals surface area contributed by atoms with E-state index in [4.69, 9.17) is 4.42 Å². The molecule has 0 atom stereocenters. The minimum atomic E-state index is -4.54. The summed E-state index contributed by atoms with van der Waals surface area (Å²) in [4.78, 5) is 1.87. The van der Waals surface area contributed by atoms with Crippen LogP contribution in [0.1, 0.15) is 5.56 Å². The zero-order valence-corrected chi connectivity index (χ0v) is 22.6. The zero-order valence-electron chi connectivity index (χ0n) is 22.6. The van der Waals surface area contributed by atoms with Gasteiger partial charge < -0.3 is 9.32 Å². The smallest absolute Gasteiger partial charge is 0.416 e. The largest absolute Gasteiger partial charge is 0.454 e. The molecule has 0 aliphatic rings. The van der Waals surface area contributed by atoms with E-state index < -0.39 is 17.6 Å². The average Bonchev–Trinajstić information content (AvgIpc) is 3.42. The van der Waals surface area contributed by atoms with Gasteiger partial charge in [0.15, 0.2) is 5.58 Å². The first-order valence-electron chi connectivity index (χ1n) is 13.7. The molecule has 7 rings (SSSR count). The minimum absolute atomic E-state index is 0.367. The number of nitrogens with zero attached hydrogens (tertiary/aromatic N) is 1. The van der Waals surface area contributed by atoms with Crippen LogP contribution in [0.2, 0.25) is 0 Å². The van der Waals surface area contributed by atoms with Gasteiger partial charge in [-0.2, -0.15) is 13.2 Å². The van der Waals surface area contributed by atoms with Crippen LogP contribution in [0, 0.1) is 5.82 Å². The fourth-order valence-corrected chi connectivity index (χ4v) is 5.61. The molecule has 0 bridgehead atoms. The third-order valence-corrected chi connectivity index (χ3v) is 7.56. The summed E-state index contributed by atoms with van der Waals surface area (Å²) in [7, 11) is 0. The van der Waals surface area contributed by atoms with E-state index in [2.05, 4.69) is 0 Å². The van der Waals surface area contributed by atoms with E-state index in [1.54, 1.807) is 30.3 Å². The van der Waals surface area contributed by atoms with Gasteiger partial charge in [0.2, 0.25) is 0 Å². The SMILES string of the molecule is Fc1ccc(N(c2ccc(C(F)(F)F)cc2-c2ccccc2)c2cccc3c2oc2ccccc23)c(-c2ccccc2)c1. The van der Waals surface area contributed by atoms with Gasteiger partial charge in [-0.3, -0.25) is 0 Å². The molecule has 7 aromatic rings. The molecule has 0 N–H and O–H groups in total. The lowest BCUT2D eigenvalue weighted by Gasteiger charge is -2.30. The highest BCUT2D eigenvalue weighted by atomic mass is 19.4. The van der Waals surface area contributed by atoms with Crippen LogP contribution in [0.25, 0.3) is 44.2 Å². The third-order valence-electron chi connectivity index (χ3n) is 7.56. The molecule has 0 radical (unpaired) electrons. The summed E-state index contributed by atoms with van der Waals surface area (Å²) in [6.45, 7) is 0. The third kappa shape index (κ3) is 4.81. The molecule has 0 saturated carbocycles. The molecule has 0 aliphatic heterocycles. The fourth-order valence-electron chi connectivity index (χ4n) is 5.61. The van der Waals surface area contributed by atoms with Crippen molar-refractivity contribution in [3.8, 4) is 22.3 Å². The Labute approximate surface area is 245 Å². The number of halogens is 4. The average molecular weight is 574 g/mol. The van der Waals surface area contributed by atoms with Gasteiger partial charge in [-0.1, -0.05) is 91.0 Å². The molecule has 0 amide bonds. The summed E-state index contributed by atoms with van der Waals surface area (Å²) in [6, 6.07) is 39.9. The lowest BCUT2D eigenvalue weighted by molar-refractivity contribution is -0.137. The maximum absolute atomic E-state index is 14.9. The van der Waals surface area contributed by atoms with E-state index in [0.29, 0.717) is 44.9 Å². The molecule has 6 heteroatoms. The van der Waals surface area contributed by atoms with Gasteiger partial charge in [-0.25, -0.2) is 4.39 Å². The summed E-state index contributed by atoms with van der Waals surface area (Å²) in [5, 5.41) is 1.77. The van der Waals surface area contributed by atoms with Crippen LogP contribution in [-0.2, 0) is 6.18 Å². The minimum Gasteiger partial charge on any atom is -0.454 e. The van der Waals surface area contributed by atoms with Crippen LogP contribution >= 0.6 is 0 Å². The first-order chi connectivity index (χ1) is 20.9. The Hall–Kier alpha value is -5.36. The Morgan fingerprint density at radius 3 is 1.77 bits per heavy atom. The van der Waals surface area contributed by atoms with Gasteiger partial charge in [0.1, 0.15) is 11.4 Å². The molecule has 0 fully saturated rings. The van der Waals surface area contributed by atoms with Crippen LogP contribution < -0.4 is 4.90 Å². The second kappa shape index (κ2) is 10.5. The summed E-state index contributed by atoms with van der Waals surface area (Å²) in [5.41, 5.74) is 4.46. The van der Waals surface area contributed by atoms with Crippen LogP contribution in [0.3, 0.4) is 0 Å². The number of hydrogen-bond donors (Lipinski definition) is 0.